The molecule has 0 spiro atoms. The van der Waals surface area contributed by atoms with Gasteiger partial charge in [0.05, 0.1) is 5.75 Å². The second-order valence-corrected chi connectivity index (χ2v) is 11.4. The van der Waals surface area contributed by atoms with Crippen LogP contribution in [0.5, 0.6) is 0 Å². The fourth-order valence-electron chi connectivity index (χ4n) is 5.00. The van der Waals surface area contributed by atoms with E-state index in [9.17, 15) is 13.2 Å². The Morgan fingerprint density at radius 2 is 1.85 bits per heavy atom. The van der Waals surface area contributed by atoms with Gasteiger partial charge in [0.2, 0.25) is 10.0 Å². The summed E-state index contributed by atoms with van der Waals surface area (Å²) < 4.78 is 27.8. The van der Waals surface area contributed by atoms with Gasteiger partial charge >= 0.3 is 0 Å². The van der Waals surface area contributed by atoms with Crippen LogP contribution < -0.4 is 9.62 Å². The van der Waals surface area contributed by atoms with Gasteiger partial charge in [0.25, 0.3) is 5.91 Å². The van der Waals surface area contributed by atoms with E-state index in [-0.39, 0.29) is 29.7 Å². The van der Waals surface area contributed by atoms with Gasteiger partial charge in [0.15, 0.2) is 0 Å². The van der Waals surface area contributed by atoms with Crippen LogP contribution in [0.15, 0.2) is 42.7 Å². The van der Waals surface area contributed by atoms with Gasteiger partial charge in [-0.15, -0.1) is 0 Å². The molecule has 7 nitrogen and oxygen atoms in total. The summed E-state index contributed by atoms with van der Waals surface area (Å²) in [4.78, 5) is 21.6. The Morgan fingerprint density at radius 1 is 1.15 bits per heavy atom. The standard InChI is InChI=1S/C25H34N4O3S/c1-18(2)17-33(31,32)27-24-7-6-19-4-5-20(16-23(19)24)25(30)28(3)21-10-14-29(15-11-21)22-8-12-26-13-9-22/h4-5,8-9,12-13,16,18,21,24,27H,6-7,10-11,14-15,17H2,1-3H3. The number of hydrogen-bond donors (Lipinski definition) is 1. The van der Waals surface area contributed by atoms with Gasteiger partial charge in [-0.2, -0.15) is 0 Å². The molecule has 0 saturated carbocycles. The minimum Gasteiger partial charge on any atom is -0.371 e. The van der Waals surface area contributed by atoms with Crippen LogP contribution in [0.3, 0.4) is 0 Å². The Bertz CT molecular complexity index is 1080. The Morgan fingerprint density at radius 3 is 2.52 bits per heavy atom. The third-order valence-electron chi connectivity index (χ3n) is 6.71. The quantitative estimate of drug-likeness (QED) is 0.671. The molecule has 1 aromatic carbocycles. The molecule has 1 aliphatic carbocycles. The Labute approximate surface area is 197 Å². The summed E-state index contributed by atoms with van der Waals surface area (Å²) in [6, 6.07) is 9.73. The number of pyridine rings is 1. The third kappa shape index (κ3) is 5.55. The van der Waals surface area contributed by atoms with Crippen molar-refractivity contribution in [2.24, 2.45) is 5.92 Å². The first kappa shape index (κ1) is 23.7. The molecule has 1 fully saturated rings. The molecule has 33 heavy (non-hydrogen) atoms. The number of carbonyl (C=O) groups is 1. The Balaban J connectivity index is 1.42. The predicted octanol–water partition coefficient (Wildman–Crippen LogP) is 3.39. The maximum atomic E-state index is 13.3. The Hall–Kier alpha value is -2.45. The molecular weight excluding hydrogens is 436 g/mol. The molecule has 2 heterocycles. The maximum Gasteiger partial charge on any atom is 0.253 e. The van der Waals surface area contributed by atoms with Crippen LogP contribution in [0.2, 0.25) is 0 Å². The molecule has 2 aromatic rings. The van der Waals surface area contributed by atoms with Crippen molar-refractivity contribution < 1.29 is 13.2 Å². The molecule has 0 bridgehead atoms. The first-order valence-electron chi connectivity index (χ1n) is 11.8. The number of rotatable bonds is 7. The van der Waals surface area contributed by atoms with Gasteiger partial charge in [0, 0.05) is 55.9 Å². The van der Waals surface area contributed by atoms with Crippen LogP contribution >= 0.6 is 0 Å². The van der Waals surface area contributed by atoms with Crippen molar-refractivity contribution in [3.63, 3.8) is 0 Å². The van der Waals surface area contributed by atoms with Crippen molar-refractivity contribution in [1.29, 1.82) is 0 Å². The van der Waals surface area contributed by atoms with Crippen LogP contribution in [-0.4, -0.2) is 56.1 Å². The van der Waals surface area contributed by atoms with Crippen LogP contribution in [0.1, 0.15) is 60.6 Å². The van der Waals surface area contributed by atoms with Crippen molar-refractivity contribution in [2.75, 3.05) is 30.8 Å². The summed E-state index contributed by atoms with van der Waals surface area (Å²) in [6.45, 7) is 5.60. The molecule has 178 valence electrons. The van der Waals surface area contributed by atoms with Crippen molar-refractivity contribution >= 4 is 21.6 Å². The number of fused-ring (bicyclic) bond motifs is 1. The SMILES string of the molecule is CC(C)CS(=O)(=O)NC1CCc2ccc(C(=O)N(C)C3CCN(c4ccncc4)CC3)cc21. The molecule has 8 heteroatoms. The van der Waals surface area contributed by atoms with E-state index in [1.54, 1.807) is 12.4 Å². The van der Waals surface area contributed by atoms with Gasteiger partial charge in [0.1, 0.15) is 0 Å². The molecule has 1 aromatic heterocycles. The maximum absolute atomic E-state index is 13.3. The first-order valence-corrected chi connectivity index (χ1v) is 13.4. The fraction of sp³-hybridized carbons (Fsp3) is 0.520. The molecule has 0 radical (unpaired) electrons. The zero-order chi connectivity index (χ0) is 23.6. The number of aromatic nitrogens is 1. The average Bonchev–Trinajstić information content (AvgIpc) is 3.19. The zero-order valence-electron chi connectivity index (χ0n) is 19.7. The smallest absolute Gasteiger partial charge is 0.253 e. The minimum atomic E-state index is -3.36. The van der Waals surface area contributed by atoms with Crippen LogP contribution in [0.25, 0.3) is 0 Å². The highest BCUT2D eigenvalue weighted by atomic mass is 32.2. The lowest BCUT2D eigenvalue weighted by atomic mass is 10.0. The molecular formula is C25H34N4O3S. The molecule has 1 N–H and O–H groups in total. The summed E-state index contributed by atoms with van der Waals surface area (Å²) in [7, 11) is -1.48. The molecule has 2 aliphatic rings. The molecule has 1 aliphatic heterocycles. The fourth-order valence-corrected chi connectivity index (χ4v) is 6.65. The number of benzene rings is 1. The number of nitrogens with zero attached hydrogens (tertiary/aromatic N) is 3. The van der Waals surface area contributed by atoms with E-state index in [0.29, 0.717) is 5.56 Å². The second-order valence-electron chi connectivity index (χ2n) is 9.64. The van der Waals surface area contributed by atoms with E-state index in [1.807, 2.05) is 56.1 Å². The van der Waals surface area contributed by atoms with E-state index >= 15 is 0 Å². The summed E-state index contributed by atoms with van der Waals surface area (Å²) >= 11 is 0. The normalized spacial score (nSPS) is 19.0. The van der Waals surface area contributed by atoms with Gasteiger partial charge in [-0.1, -0.05) is 19.9 Å². The lowest BCUT2D eigenvalue weighted by Crippen LogP contribution is -2.45. The van der Waals surface area contributed by atoms with Crippen molar-refractivity contribution in [1.82, 2.24) is 14.6 Å². The van der Waals surface area contributed by atoms with E-state index in [4.69, 9.17) is 0 Å². The molecule has 1 atom stereocenters. The lowest BCUT2D eigenvalue weighted by molar-refractivity contribution is 0.0709. The molecule has 1 amide bonds. The molecule has 1 unspecified atom stereocenters. The number of amides is 1. The topological polar surface area (TPSA) is 82.6 Å². The van der Waals surface area contributed by atoms with Gasteiger partial charge in [-0.05, 0) is 67.0 Å². The van der Waals surface area contributed by atoms with Crippen LogP contribution in [0.4, 0.5) is 5.69 Å². The van der Waals surface area contributed by atoms with E-state index < -0.39 is 10.0 Å². The van der Waals surface area contributed by atoms with Gasteiger partial charge < -0.3 is 9.80 Å². The second kappa shape index (κ2) is 9.81. The molecule has 1 saturated heterocycles. The number of hydrogen-bond acceptors (Lipinski definition) is 5. The van der Waals surface area contributed by atoms with Gasteiger partial charge in [-0.3, -0.25) is 9.78 Å². The summed E-state index contributed by atoms with van der Waals surface area (Å²) in [5.74, 6) is 0.170. The zero-order valence-corrected chi connectivity index (χ0v) is 20.5. The van der Waals surface area contributed by atoms with E-state index in [0.717, 1.165) is 49.9 Å². The molecule has 4 rings (SSSR count). The van der Waals surface area contributed by atoms with E-state index in [1.165, 1.54) is 5.69 Å². The number of anilines is 1. The predicted molar refractivity (Wildman–Crippen MR) is 131 cm³/mol. The third-order valence-corrected chi connectivity index (χ3v) is 8.45. The first-order chi connectivity index (χ1) is 15.7. The van der Waals surface area contributed by atoms with Crippen molar-refractivity contribution in [3.05, 3.63) is 59.4 Å². The van der Waals surface area contributed by atoms with Gasteiger partial charge in [-0.25, -0.2) is 13.1 Å². The summed E-state index contributed by atoms with van der Waals surface area (Å²) in [5.41, 5.74) is 3.86. The number of sulfonamides is 1. The van der Waals surface area contributed by atoms with Crippen molar-refractivity contribution in [2.45, 2.75) is 51.6 Å². The monoisotopic (exact) mass is 470 g/mol. The Kier molecular flexibility index (Phi) is 7.05. The highest BCUT2D eigenvalue weighted by Crippen LogP contribution is 2.33. The van der Waals surface area contributed by atoms with Crippen molar-refractivity contribution in [3.8, 4) is 0 Å². The summed E-state index contributed by atoms with van der Waals surface area (Å²) in [6.07, 6.45) is 6.98. The number of carbonyl (C=O) groups excluding carboxylic acids is 1. The van der Waals surface area contributed by atoms with Crippen LogP contribution in [0, 0.1) is 5.92 Å². The minimum absolute atomic E-state index is 0.00384. The summed E-state index contributed by atoms with van der Waals surface area (Å²) in [5, 5.41) is 0. The lowest BCUT2D eigenvalue weighted by Gasteiger charge is -2.38. The number of aryl methyl sites for hydroxylation is 1. The average molecular weight is 471 g/mol. The number of piperidine rings is 1. The highest BCUT2D eigenvalue weighted by molar-refractivity contribution is 7.89. The largest absolute Gasteiger partial charge is 0.371 e. The van der Waals surface area contributed by atoms with E-state index in [2.05, 4.69) is 14.6 Å². The highest BCUT2D eigenvalue weighted by Gasteiger charge is 2.30. The van der Waals surface area contributed by atoms with Crippen LogP contribution in [-0.2, 0) is 16.4 Å². The number of nitrogens with one attached hydrogen (secondary N) is 1.